The molecule has 0 spiro atoms. The molecule has 0 radical (unpaired) electrons. The van der Waals surface area contributed by atoms with E-state index in [0.29, 0.717) is 11.1 Å². The summed E-state index contributed by atoms with van der Waals surface area (Å²) in [6.07, 6.45) is 2.03. The van der Waals surface area contributed by atoms with E-state index in [1.807, 2.05) is 111 Å². The summed E-state index contributed by atoms with van der Waals surface area (Å²) in [6, 6.07) is 29.0. The minimum Gasteiger partial charge on any atom is -0.747 e. The van der Waals surface area contributed by atoms with Gasteiger partial charge in [-0.1, -0.05) is 139 Å². The summed E-state index contributed by atoms with van der Waals surface area (Å²) in [5.41, 5.74) is 3.72. The second kappa shape index (κ2) is 11.3. The van der Waals surface area contributed by atoms with Crippen LogP contribution in [0.25, 0.3) is 5.57 Å². The van der Waals surface area contributed by atoms with Crippen molar-refractivity contribution in [2.24, 2.45) is 17.8 Å². The monoisotopic (exact) mass is 548 g/mol. The van der Waals surface area contributed by atoms with Crippen molar-refractivity contribution in [3.05, 3.63) is 125 Å². The lowest BCUT2D eigenvalue weighted by Gasteiger charge is -2.60. The Labute approximate surface area is 232 Å². The van der Waals surface area contributed by atoms with Crippen LogP contribution in [0.4, 0.5) is 0 Å². The Morgan fingerprint density at radius 2 is 1.11 bits per heavy atom. The molecule has 3 aromatic carbocycles. The topological polar surface area (TPSA) is 57.2 Å². The highest BCUT2D eigenvalue weighted by Gasteiger charge is 2.65. The van der Waals surface area contributed by atoms with Crippen LogP contribution in [0.2, 0.25) is 0 Å². The van der Waals surface area contributed by atoms with Crippen molar-refractivity contribution in [2.75, 3.05) is 0 Å². The van der Waals surface area contributed by atoms with Crippen molar-refractivity contribution in [2.45, 2.75) is 51.7 Å². The molecule has 0 fully saturated rings. The lowest BCUT2D eigenvalue weighted by atomic mass is 9.50. The zero-order chi connectivity index (χ0) is 27.0. The van der Waals surface area contributed by atoms with E-state index in [2.05, 4.69) is 27.7 Å². The molecule has 202 valence electrons. The van der Waals surface area contributed by atoms with E-state index in [4.69, 9.17) is 0 Å². The molecule has 0 aliphatic heterocycles. The molecule has 4 rings (SSSR count). The fraction of sp³-hybridized carbons (Fsp3) is 0.333. The third-order valence-electron chi connectivity index (χ3n) is 7.91. The molecule has 0 saturated carbocycles. The molecular formula is C33H41O3PS. The Bertz CT molecular complexity index is 1410. The first-order valence-electron chi connectivity index (χ1n) is 13.1. The first kappa shape index (κ1) is 30.0. The number of benzene rings is 3. The number of hydrogen-bond donors (Lipinski definition) is 0. The average Bonchev–Trinajstić information content (AvgIpc) is 2.87. The molecule has 3 atom stereocenters. The van der Waals surface area contributed by atoms with Gasteiger partial charge in [0.15, 0.2) is 0 Å². The maximum absolute atomic E-state index is 14.2. The van der Waals surface area contributed by atoms with Gasteiger partial charge < -0.3 is 4.55 Å². The number of allylic oxidation sites excluding steroid dienone is 3. The summed E-state index contributed by atoms with van der Waals surface area (Å²) in [5, 5.41) is 0. The Balaban J connectivity index is 0.00000400. The van der Waals surface area contributed by atoms with Crippen LogP contribution in [0.3, 0.4) is 0 Å². The van der Waals surface area contributed by atoms with Gasteiger partial charge in [-0.15, -0.1) is 0 Å². The maximum Gasteiger partial charge on any atom is 0.121 e. The molecule has 0 aromatic heterocycles. The minimum atomic E-state index is -4.98. The molecule has 0 bridgehead atoms. The fourth-order valence-corrected chi connectivity index (χ4v) is 8.49. The first-order valence-corrected chi connectivity index (χ1v) is 14.5. The Hall–Kier alpha value is -2.52. The van der Waals surface area contributed by atoms with Gasteiger partial charge in [-0.05, 0) is 61.1 Å². The first-order chi connectivity index (χ1) is 17.5. The molecule has 0 amide bonds. The molecule has 3 nitrogen and oxygen atoms in total. The summed E-state index contributed by atoms with van der Waals surface area (Å²) in [5.74, 6) is -0.323. The second-order valence-corrected chi connectivity index (χ2v) is 12.5. The molecule has 5 heteroatoms. The third-order valence-corrected chi connectivity index (χ3v) is 9.46. The zero-order valence-corrected chi connectivity index (χ0v) is 26.4. The molecule has 0 saturated heterocycles. The van der Waals surface area contributed by atoms with Gasteiger partial charge in [-0.3, -0.25) is 0 Å². The van der Waals surface area contributed by atoms with Gasteiger partial charge in [0, 0.05) is 5.41 Å². The van der Waals surface area contributed by atoms with Crippen molar-refractivity contribution in [3.63, 3.8) is 0 Å². The molecule has 1 aliphatic carbocycles. The van der Waals surface area contributed by atoms with Crippen LogP contribution in [-0.4, -0.2) is 13.0 Å². The summed E-state index contributed by atoms with van der Waals surface area (Å²) in [4.78, 5) is 0. The van der Waals surface area contributed by atoms with Gasteiger partial charge in [0.05, 0.1) is 0 Å². The van der Waals surface area contributed by atoms with E-state index < -0.39 is 20.3 Å². The van der Waals surface area contributed by atoms with Crippen LogP contribution < -0.4 is 0 Å². The average molecular weight is 549 g/mol. The van der Waals surface area contributed by atoms with Crippen molar-refractivity contribution in [1.29, 1.82) is 0 Å². The predicted octanol–water partition coefficient (Wildman–Crippen LogP) is 7.52. The van der Waals surface area contributed by atoms with Crippen LogP contribution in [0.15, 0.2) is 108 Å². The Morgan fingerprint density at radius 3 is 1.50 bits per heavy atom. The Morgan fingerprint density at radius 1 is 0.658 bits per heavy atom. The molecule has 3 aromatic rings. The van der Waals surface area contributed by atoms with Gasteiger partial charge in [0.2, 0.25) is 0 Å². The fourth-order valence-electron chi connectivity index (χ4n) is 6.63. The standard InChI is InChI=1S/C33H38O3S.H3P/c1-23(2)29-22-30(24(3)4)33(37(34,35)36,28-20-14-9-15-21-28)32(25(5)6,27-18-12-8-13-19-27)31(29)26-16-10-7-11-17-26;/h7-25H,1-6H3,(H,34,35,36);1H3. The van der Waals surface area contributed by atoms with Crippen molar-refractivity contribution in [3.8, 4) is 0 Å². The van der Waals surface area contributed by atoms with E-state index in [1.165, 1.54) is 0 Å². The van der Waals surface area contributed by atoms with Crippen LogP contribution in [-0.2, 0) is 20.3 Å². The number of hydrogen-bond acceptors (Lipinski definition) is 3. The van der Waals surface area contributed by atoms with E-state index >= 15 is 0 Å². The van der Waals surface area contributed by atoms with E-state index in [9.17, 15) is 13.0 Å². The molecule has 0 N–H and O–H groups in total. The zero-order valence-electron chi connectivity index (χ0n) is 23.6. The highest BCUT2D eigenvalue weighted by molar-refractivity contribution is 7.87. The van der Waals surface area contributed by atoms with Gasteiger partial charge in [-0.25, -0.2) is 8.42 Å². The predicted molar refractivity (Wildman–Crippen MR) is 164 cm³/mol. The quantitative estimate of drug-likeness (QED) is 0.227. The van der Waals surface area contributed by atoms with Crippen LogP contribution in [0, 0.1) is 17.8 Å². The van der Waals surface area contributed by atoms with Gasteiger partial charge in [-0.2, -0.15) is 0 Å². The molecule has 38 heavy (non-hydrogen) atoms. The van der Waals surface area contributed by atoms with Crippen molar-refractivity contribution < 1.29 is 13.0 Å². The van der Waals surface area contributed by atoms with Gasteiger partial charge in [0.1, 0.15) is 14.9 Å². The molecule has 0 heterocycles. The van der Waals surface area contributed by atoms with Crippen LogP contribution >= 0.6 is 9.90 Å². The molecule has 1 aliphatic rings. The summed E-state index contributed by atoms with van der Waals surface area (Å²) >= 11 is 0. The van der Waals surface area contributed by atoms with Crippen molar-refractivity contribution in [1.82, 2.24) is 0 Å². The van der Waals surface area contributed by atoms with E-state index in [-0.39, 0.29) is 27.7 Å². The van der Waals surface area contributed by atoms with Crippen molar-refractivity contribution >= 4 is 25.6 Å². The largest absolute Gasteiger partial charge is 0.747 e. The summed E-state index contributed by atoms with van der Waals surface area (Å²) < 4.78 is 40.6. The highest BCUT2D eigenvalue weighted by Crippen LogP contribution is 2.66. The molecular weight excluding hydrogens is 507 g/mol. The maximum atomic E-state index is 14.2. The normalized spacial score (nSPS) is 22.0. The lowest BCUT2D eigenvalue weighted by Crippen LogP contribution is -2.61. The highest BCUT2D eigenvalue weighted by atomic mass is 32.2. The SMILES string of the molecule is CC(C)C1=CC(C(C)C)=C(c2ccccc2)C(c2ccccc2)(C(C)C)C1(c1ccccc1)S(=O)(=O)[O-].[PH4+]. The van der Waals surface area contributed by atoms with Gasteiger partial charge in [0.25, 0.3) is 0 Å². The van der Waals surface area contributed by atoms with E-state index in [0.717, 1.165) is 22.3 Å². The Kier molecular flexibility index (Phi) is 8.93. The second-order valence-electron chi connectivity index (χ2n) is 10.9. The smallest absolute Gasteiger partial charge is 0.121 e. The van der Waals surface area contributed by atoms with E-state index in [1.54, 1.807) is 0 Å². The van der Waals surface area contributed by atoms with Crippen LogP contribution in [0.1, 0.15) is 58.2 Å². The number of rotatable bonds is 7. The van der Waals surface area contributed by atoms with Gasteiger partial charge >= 0.3 is 0 Å². The molecule has 3 unspecified atom stereocenters. The summed E-state index contributed by atoms with van der Waals surface area (Å²) in [6.45, 7) is 12.4. The summed E-state index contributed by atoms with van der Waals surface area (Å²) in [7, 11) is -4.98. The van der Waals surface area contributed by atoms with Crippen LogP contribution in [0.5, 0.6) is 0 Å². The lowest BCUT2D eigenvalue weighted by molar-refractivity contribution is 0.273. The minimum absolute atomic E-state index is 0. The third kappa shape index (κ3) is 4.41.